The minimum Gasteiger partial charge on any atom is -0.497 e. The van der Waals surface area contributed by atoms with Crippen LogP contribution in [0.1, 0.15) is 16.2 Å². The highest BCUT2D eigenvalue weighted by molar-refractivity contribution is 5.89. The van der Waals surface area contributed by atoms with Gasteiger partial charge in [0.2, 0.25) is 5.89 Å². The molecule has 0 aliphatic carbocycles. The fourth-order valence-electron chi connectivity index (χ4n) is 2.11. The summed E-state index contributed by atoms with van der Waals surface area (Å²) >= 11 is 0. The third kappa shape index (κ3) is 3.95. The standard InChI is InChI=1S/C18H16N2O5/c1-22-14-7-3-12(4-8-14)17-20-19-16(25-17)11-24-15-9-5-13(6-10-15)18(21)23-2/h3-10H,11H2,1-2H3. The Bertz CT molecular complexity index is 841. The maximum absolute atomic E-state index is 11.4. The number of hydrogen-bond donors (Lipinski definition) is 0. The summed E-state index contributed by atoms with van der Waals surface area (Å²) in [5, 5.41) is 7.97. The molecule has 0 spiro atoms. The zero-order chi connectivity index (χ0) is 17.6. The summed E-state index contributed by atoms with van der Waals surface area (Å²) in [6, 6.07) is 13.9. The van der Waals surface area contributed by atoms with Gasteiger partial charge in [0.1, 0.15) is 11.5 Å². The van der Waals surface area contributed by atoms with Crippen LogP contribution < -0.4 is 9.47 Å². The number of aromatic nitrogens is 2. The van der Waals surface area contributed by atoms with Crippen LogP contribution in [-0.4, -0.2) is 30.4 Å². The molecule has 3 aromatic rings. The molecule has 25 heavy (non-hydrogen) atoms. The Kier molecular flexibility index (Phi) is 4.94. The lowest BCUT2D eigenvalue weighted by Crippen LogP contribution is -2.01. The van der Waals surface area contributed by atoms with Crippen LogP contribution >= 0.6 is 0 Å². The number of benzene rings is 2. The van der Waals surface area contributed by atoms with Crippen LogP contribution in [0, 0.1) is 0 Å². The molecule has 1 aromatic heterocycles. The smallest absolute Gasteiger partial charge is 0.337 e. The van der Waals surface area contributed by atoms with E-state index in [0.29, 0.717) is 23.1 Å². The monoisotopic (exact) mass is 340 g/mol. The van der Waals surface area contributed by atoms with Crippen molar-refractivity contribution in [3.8, 4) is 23.0 Å². The molecule has 0 unspecified atom stereocenters. The minimum atomic E-state index is -0.396. The Morgan fingerprint density at radius 2 is 1.64 bits per heavy atom. The Balaban J connectivity index is 1.62. The van der Waals surface area contributed by atoms with E-state index in [0.717, 1.165) is 11.3 Å². The Hall–Kier alpha value is -3.35. The van der Waals surface area contributed by atoms with Gasteiger partial charge in [0, 0.05) is 5.56 Å². The zero-order valence-electron chi connectivity index (χ0n) is 13.8. The number of esters is 1. The van der Waals surface area contributed by atoms with Gasteiger partial charge in [0.15, 0.2) is 6.61 Å². The van der Waals surface area contributed by atoms with Gasteiger partial charge >= 0.3 is 5.97 Å². The minimum absolute atomic E-state index is 0.126. The molecule has 0 fully saturated rings. The molecule has 0 aliphatic heterocycles. The van der Waals surface area contributed by atoms with E-state index >= 15 is 0 Å². The van der Waals surface area contributed by atoms with Crippen LogP contribution in [0.2, 0.25) is 0 Å². The van der Waals surface area contributed by atoms with Crippen LogP contribution in [0.25, 0.3) is 11.5 Å². The largest absolute Gasteiger partial charge is 0.497 e. The van der Waals surface area contributed by atoms with Gasteiger partial charge in [-0.15, -0.1) is 10.2 Å². The molecule has 7 heteroatoms. The summed E-state index contributed by atoms with van der Waals surface area (Å²) in [5.74, 6) is 1.69. The van der Waals surface area contributed by atoms with Crippen molar-refractivity contribution in [2.24, 2.45) is 0 Å². The van der Waals surface area contributed by atoms with Crippen LogP contribution in [0.15, 0.2) is 52.9 Å². The third-order valence-electron chi connectivity index (χ3n) is 3.44. The molecule has 0 radical (unpaired) electrons. The number of nitrogens with zero attached hydrogens (tertiary/aromatic N) is 2. The second-order valence-electron chi connectivity index (χ2n) is 5.03. The molecule has 0 saturated heterocycles. The van der Waals surface area contributed by atoms with E-state index in [1.807, 2.05) is 24.3 Å². The number of carbonyl (C=O) groups excluding carboxylic acids is 1. The van der Waals surface area contributed by atoms with Gasteiger partial charge in [0.25, 0.3) is 5.89 Å². The first-order valence-electron chi connectivity index (χ1n) is 7.47. The van der Waals surface area contributed by atoms with Gasteiger partial charge in [-0.25, -0.2) is 4.79 Å². The van der Waals surface area contributed by atoms with Gasteiger partial charge in [0.05, 0.1) is 19.8 Å². The molecule has 0 aliphatic rings. The normalized spacial score (nSPS) is 10.3. The van der Waals surface area contributed by atoms with Crippen molar-refractivity contribution < 1.29 is 23.4 Å². The van der Waals surface area contributed by atoms with Gasteiger partial charge in [-0.2, -0.15) is 0 Å². The van der Waals surface area contributed by atoms with Crippen LogP contribution in [0.5, 0.6) is 11.5 Å². The highest BCUT2D eigenvalue weighted by atomic mass is 16.5. The Morgan fingerprint density at radius 1 is 0.960 bits per heavy atom. The van der Waals surface area contributed by atoms with Crippen molar-refractivity contribution >= 4 is 5.97 Å². The molecule has 3 rings (SSSR count). The first kappa shape index (κ1) is 16.5. The molecule has 7 nitrogen and oxygen atoms in total. The molecule has 0 N–H and O–H groups in total. The van der Waals surface area contributed by atoms with E-state index in [2.05, 4.69) is 14.9 Å². The molecular formula is C18H16N2O5. The molecule has 2 aromatic carbocycles. The maximum Gasteiger partial charge on any atom is 0.337 e. The van der Waals surface area contributed by atoms with Crippen LogP contribution in [-0.2, 0) is 11.3 Å². The molecular weight excluding hydrogens is 324 g/mol. The lowest BCUT2D eigenvalue weighted by Gasteiger charge is -2.04. The maximum atomic E-state index is 11.4. The molecule has 128 valence electrons. The fraction of sp³-hybridized carbons (Fsp3) is 0.167. The molecule has 1 heterocycles. The summed E-state index contributed by atoms with van der Waals surface area (Å²) in [6.07, 6.45) is 0. The number of hydrogen-bond acceptors (Lipinski definition) is 7. The second kappa shape index (κ2) is 7.48. The number of methoxy groups -OCH3 is 2. The first-order chi connectivity index (χ1) is 12.2. The summed E-state index contributed by atoms with van der Waals surface area (Å²) in [6.45, 7) is 0.126. The molecule has 0 saturated carbocycles. The van der Waals surface area contributed by atoms with E-state index in [1.54, 1.807) is 31.4 Å². The predicted molar refractivity (Wildman–Crippen MR) is 88.4 cm³/mol. The van der Waals surface area contributed by atoms with Crippen molar-refractivity contribution in [3.05, 3.63) is 60.0 Å². The SMILES string of the molecule is COC(=O)c1ccc(OCc2nnc(-c3ccc(OC)cc3)o2)cc1. The van der Waals surface area contributed by atoms with E-state index in [9.17, 15) is 4.79 Å². The van der Waals surface area contributed by atoms with Crippen molar-refractivity contribution in [1.29, 1.82) is 0 Å². The predicted octanol–water partition coefficient (Wildman–Crippen LogP) is 3.11. The number of carbonyl (C=O) groups is 1. The van der Waals surface area contributed by atoms with Crippen LogP contribution in [0.3, 0.4) is 0 Å². The highest BCUT2D eigenvalue weighted by Gasteiger charge is 2.10. The summed E-state index contributed by atoms with van der Waals surface area (Å²) in [7, 11) is 2.94. The van der Waals surface area contributed by atoms with Crippen molar-refractivity contribution in [3.63, 3.8) is 0 Å². The lowest BCUT2D eigenvalue weighted by atomic mass is 10.2. The quantitative estimate of drug-likeness (QED) is 0.637. The van der Waals surface area contributed by atoms with Crippen LogP contribution in [0.4, 0.5) is 0 Å². The molecule has 0 bridgehead atoms. The van der Waals surface area contributed by atoms with Crippen molar-refractivity contribution in [1.82, 2.24) is 10.2 Å². The average Bonchev–Trinajstić information content (AvgIpc) is 3.15. The van der Waals surface area contributed by atoms with E-state index < -0.39 is 5.97 Å². The third-order valence-corrected chi connectivity index (χ3v) is 3.44. The summed E-state index contributed by atoms with van der Waals surface area (Å²) in [5.41, 5.74) is 1.25. The summed E-state index contributed by atoms with van der Waals surface area (Å²) in [4.78, 5) is 11.4. The van der Waals surface area contributed by atoms with Crippen molar-refractivity contribution in [2.45, 2.75) is 6.61 Å². The number of rotatable bonds is 6. The second-order valence-corrected chi connectivity index (χ2v) is 5.03. The first-order valence-corrected chi connectivity index (χ1v) is 7.47. The zero-order valence-corrected chi connectivity index (χ0v) is 13.8. The van der Waals surface area contributed by atoms with Crippen molar-refractivity contribution in [2.75, 3.05) is 14.2 Å². The molecule has 0 amide bonds. The van der Waals surface area contributed by atoms with Gasteiger partial charge in [-0.05, 0) is 48.5 Å². The lowest BCUT2D eigenvalue weighted by molar-refractivity contribution is 0.0600. The Labute approximate surface area is 144 Å². The van der Waals surface area contributed by atoms with E-state index in [1.165, 1.54) is 7.11 Å². The highest BCUT2D eigenvalue weighted by Crippen LogP contribution is 2.22. The summed E-state index contributed by atoms with van der Waals surface area (Å²) < 4.78 is 20.9. The average molecular weight is 340 g/mol. The van der Waals surface area contributed by atoms with Gasteiger partial charge in [-0.3, -0.25) is 0 Å². The topological polar surface area (TPSA) is 83.7 Å². The van der Waals surface area contributed by atoms with Gasteiger partial charge < -0.3 is 18.6 Å². The number of ether oxygens (including phenoxy) is 3. The van der Waals surface area contributed by atoms with E-state index in [-0.39, 0.29) is 6.61 Å². The molecule has 0 atom stereocenters. The van der Waals surface area contributed by atoms with E-state index in [4.69, 9.17) is 13.9 Å². The van der Waals surface area contributed by atoms with Gasteiger partial charge in [-0.1, -0.05) is 0 Å². The fourth-order valence-corrected chi connectivity index (χ4v) is 2.11. The Morgan fingerprint density at radius 3 is 2.28 bits per heavy atom.